The molecule has 1 aromatic rings. The third-order valence-corrected chi connectivity index (χ3v) is 3.19. The monoisotopic (exact) mass is 251 g/mol. The molecule has 0 unspecified atom stereocenters. The average molecular weight is 251 g/mol. The first-order chi connectivity index (χ1) is 8.63. The summed E-state index contributed by atoms with van der Waals surface area (Å²) in [5.74, 6) is 0.555. The van der Waals surface area contributed by atoms with E-state index in [0.29, 0.717) is 30.8 Å². The molecule has 0 saturated heterocycles. The Morgan fingerprint density at radius 3 is 2.44 bits per heavy atom. The Hall–Kier alpha value is -1.42. The van der Waals surface area contributed by atoms with Crippen molar-refractivity contribution in [2.75, 3.05) is 13.7 Å². The minimum Gasteiger partial charge on any atom is -0.495 e. The molecule has 0 aliphatic heterocycles. The molecule has 0 bridgehead atoms. The Morgan fingerprint density at radius 1 is 1.28 bits per heavy atom. The standard InChI is InChI=1S/C14H21NO3/c1-5-14(6-2,18-7-3)13(16)11-8-12(17-4)10-15-9-11/h8-10H,5-7H2,1-4H3. The summed E-state index contributed by atoms with van der Waals surface area (Å²) < 4.78 is 10.8. The molecule has 0 aromatic carbocycles. The first kappa shape index (κ1) is 14.6. The van der Waals surface area contributed by atoms with Gasteiger partial charge in [0.2, 0.25) is 0 Å². The van der Waals surface area contributed by atoms with Gasteiger partial charge in [0, 0.05) is 18.4 Å². The Bertz CT molecular complexity index is 400. The predicted molar refractivity (Wildman–Crippen MR) is 70.1 cm³/mol. The molecule has 0 radical (unpaired) electrons. The van der Waals surface area contributed by atoms with E-state index >= 15 is 0 Å². The average Bonchev–Trinajstić information content (AvgIpc) is 2.44. The largest absolute Gasteiger partial charge is 0.495 e. The maximum absolute atomic E-state index is 12.6. The number of rotatable bonds is 7. The molecule has 4 nitrogen and oxygen atoms in total. The first-order valence-electron chi connectivity index (χ1n) is 6.31. The van der Waals surface area contributed by atoms with Gasteiger partial charge in [-0.3, -0.25) is 9.78 Å². The fourth-order valence-corrected chi connectivity index (χ4v) is 2.03. The van der Waals surface area contributed by atoms with E-state index < -0.39 is 5.60 Å². The fraction of sp³-hybridized carbons (Fsp3) is 0.571. The molecule has 0 aliphatic rings. The lowest BCUT2D eigenvalue weighted by Crippen LogP contribution is -2.40. The summed E-state index contributed by atoms with van der Waals surface area (Å²) >= 11 is 0. The van der Waals surface area contributed by atoms with Gasteiger partial charge in [0.1, 0.15) is 11.4 Å². The van der Waals surface area contributed by atoms with Crippen LogP contribution in [0, 0.1) is 0 Å². The highest BCUT2D eigenvalue weighted by molar-refractivity contribution is 6.02. The van der Waals surface area contributed by atoms with E-state index in [-0.39, 0.29) is 5.78 Å². The minimum absolute atomic E-state index is 0.0271. The lowest BCUT2D eigenvalue weighted by Gasteiger charge is -2.29. The van der Waals surface area contributed by atoms with Crippen molar-refractivity contribution in [1.29, 1.82) is 0 Å². The van der Waals surface area contributed by atoms with Crippen molar-refractivity contribution in [3.05, 3.63) is 24.0 Å². The molecule has 0 aliphatic carbocycles. The lowest BCUT2D eigenvalue weighted by atomic mass is 9.88. The third-order valence-electron chi connectivity index (χ3n) is 3.19. The van der Waals surface area contributed by atoms with Gasteiger partial charge in [0.05, 0.1) is 13.3 Å². The minimum atomic E-state index is -0.747. The van der Waals surface area contributed by atoms with Gasteiger partial charge in [0.15, 0.2) is 5.78 Å². The second kappa shape index (κ2) is 6.50. The lowest BCUT2D eigenvalue weighted by molar-refractivity contribution is -0.0250. The summed E-state index contributed by atoms with van der Waals surface area (Å²) in [6.07, 6.45) is 4.43. The molecule has 0 N–H and O–H groups in total. The van der Waals surface area contributed by atoms with E-state index in [9.17, 15) is 4.79 Å². The zero-order valence-electron chi connectivity index (χ0n) is 11.5. The molecule has 0 spiro atoms. The topological polar surface area (TPSA) is 48.4 Å². The molecule has 0 amide bonds. The number of hydrogen-bond donors (Lipinski definition) is 0. The van der Waals surface area contributed by atoms with Crippen LogP contribution in [0.4, 0.5) is 0 Å². The highest BCUT2D eigenvalue weighted by Gasteiger charge is 2.36. The second-order valence-corrected chi connectivity index (χ2v) is 4.08. The van der Waals surface area contributed by atoms with Crippen LogP contribution in [0.25, 0.3) is 0 Å². The molecule has 0 saturated carbocycles. The maximum Gasteiger partial charge on any atom is 0.196 e. The van der Waals surface area contributed by atoms with Crippen molar-refractivity contribution in [3.63, 3.8) is 0 Å². The summed E-state index contributed by atoms with van der Waals surface area (Å²) in [5, 5.41) is 0. The number of hydrogen-bond acceptors (Lipinski definition) is 4. The van der Waals surface area contributed by atoms with Gasteiger partial charge in [0.25, 0.3) is 0 Å². The number of carbonyl (C=O) groups is 1. The van der Waals surface area contributed by atoms with Gasteiger partial charge >= 0.3 is 0 Å². The number of ether oxygens (including phenoxy) is 2. The summed E-state index contributed by atoms with van der Waals surface area (Å²) in [6.45, 7) is 6.34. The van der Waals surface area contributed by atoms with Crippen LogP contribution in [0.3, 0.4) is 0 Å². The number of pyridine rings is 1. The highest BCUT2D eigenvalue weighted by Crippen LogP contribution is 2.26. The van der Waals surface area contributed by atoms with Gasteiger partial charge in [-0.2, -0.15) is 0 Å². The Labute approximate surface area is 108 Å². The third kappa shape index (κ3) is 2.88. The van der Waals surface area contributed by atoms with E-state index in [2.05, 4.69) is 4.98 Å². The molecule has 1 rings (SSSR count). The molecule has 100 valence electrons. The van der Waals surface area contributed by atoms with Crippen LogP contribution in [-0.4, -0.2) is 30.1 Å². The maximum atomic E-state index is 12.6. The summed E-state index contributed by atoms with van der Waals surface area (Å²) in [5.41, 5.74) is -0.213. The van der Waals surface area contributed by atoms with Crippen LogP contribution in [0.1, 0.15) is 44.0 Å². The Balaban J connectivity index is 3.08. The molecule has 1 aromatic heterocycles. The van der Waals surface area contributed by atoms with Gasteiger partial charge in [-0.15, -0.1) is 0 Å². The zero-order chi connectivity index (χ0) is 13.6. The van der Waals surface area contributed by atoms with Crippen LogP contribution in [0.15, 0.2) is 18.5 Å². The molecular weight excluding hydrogens is 230 g/mol. The van der Waals surface area contributed by atoms with Gasteiger partial charge < -0.3 is 9.47 Å². The normalized spacial score (nSPS) is 11.3. The van der Waals surface area contributed by atoms with Gasteiger partial charge in [-0.05, 0) is 25.8 Å². The number of methoxy groups -OCH3 is 1. The molecule has 0 fully saturated rings. The quantitative estimate of drug-likeness (QED) is 0.699. The SMILES string of the molecule is CCOC(CC)(CC)C(=O)c1cncc(OC)c1. The number of ketones is 1. The highest BCUT2D eigenvalue weighted by atomic mass is 16.5. The molecule has 0 atom stereocenters. The van der Waals surface area contributed by atoms with E-state index in [4.69, 9.17) is 9.47 Å². The van der Waals surface area contributed by atoms with Crippen molar-refractivity contribution in [2.24, 2.45) is 0 Å². The Morgan fingerprint density at radius 2 is 1.94 bits per heavy atom. The molecule has 18 heavy (non-hydrogen) atoms. The number of nitrogens with zero attached hydrogens (tertiary/aromatic N) is 1. The van der Waals surface area contributed by atoms with Crippen LogP contribution in [0.5, 0.6) is 5.75 Å². The molecule has 1 heterocycles. The van der Waals surface area contributed by atoms with Crippen molar-refractivity contribution < 1.29 is 14.3 Å². The predicted octanol–water partition coefficient (Wildman–Crippen LogP) is 2.87. The fourth-order valence-electron chi connectivity index (χ4n) is 2.03. The van der Waals surface area contributed by atoms with Gasteiger partial charge in [-0.25, -0.2) is 0 Å². The van der Waals surface area contributed by atoms with E-state index in [1.807, 2.05) is 20.8 Å². The van der Waals surface area contributed by atoms with E-state index in [1.54, 1.807) is 25.6 Å². The van der Waals surface area contributed by atoms with Crippen LogP contribution >= 0.6 is 0 Å². The number of aromatic nitrogens is 1. The number of Topliss-reactive ketones (excluding diaryl/α,β-unsaturated/α-hetero) is 1. The smallest absolute Gasteiger partial charge is 0.196 e. The summed E-state index contributed by atoms with van der Waals surface area (Å²) in [6, 6.07) is 1.70. The van der Waals surface area contributed by atoms with Crippen molar-refractivity contribution in [3.8, 4) is 5.75 Å². The second-order valence-electron chi connectivity index (χ2n) is 4.08. The van der Waals surface area contributed by atoms with Crippen molar-refractivity contribution in [1.82, 2.24) is 4.98 Å². The van der Waals surface area contributed by atoms with E-state index in [0.717, 1.165) is 0 Å². The Kier molecular flexibility index (Phi) is 5.28. The summed E-state index contributed by atoms with van der Waals surface area (Å²) in [7, 11) is 1.56. The van der Waals surface area contributed by atoms with Crippen LogP contribution < -0.4 is 4.74 Å². The summed E-state index contributed by atoms with van der Waals surface area (Å²) in [4.78, 5) is 16.6. The van der Waals surface area contributed by atoms with E-state index in [1.165, 1.54) is 0 Å². The molecule has 4 heteroatoms. The van der Waals surface area contributed by atoms with Gasteiger partial charge in [-0.1, -0.05) is 13.8 Å². The van der Waals surface area contributed by atoms with Crippen LogP contribution in [0.2, 0.25) is 0 Å². The zero-order valence-corrected chi connectivity index (χ0v) is 11.5. The van der Waals surface area contributed by atoms with Crippen molar-refractivity contribution in [2.45, 2.75) is 39.2 Å². The first-order valence-corrected chi connectivity index (χ1v) is 6.31. The number of carbonyl (C=O) groups excluding carboxylic acids is 1. The van der Waals surface area contributed by atoms with Crippen molar-refractivity contribution >= 4 is 5.78 Å². The molecular formula is C14H21NO3. The van der Waals surface area contributed by atoms with Crippen LogP contribution in [-0.2, 0) is 4.74 Å².